The molecule has 196 valence electrons. The van der Waals surface area contributed by atoms with E-state index in [0.717, 1.165) is 0 Å². The van der Waals surface area contributed by atoms with E-state index < -0.39 is 6.04 Å². The number of benzene rings is 2. The zero-order valence-corrected chi connectivity index (χ0v) is 24.3. The second kappa shape index (κ2) is 13.2. The SMILES string of the molecule is C=CCn1c(SCC(=O)Nc2c(Cl)cc(Cl)cc2Cl)nnc1[C@H](NC(=O)c1ccc(Cl)cc1Cl)C(C)C. The monoisotopic (exact) mass is 619 g/mol. The molecule has 1 atom stereocenters. The van der Waals surface area contributed by atoms with Gasteiger partial charge in [0.2, 0.25) is 5.91 Å². The summed E-state index contributed by atoms with van der Waals surface area (Å²) in [5.41, 5.74) is 0.562. The van der Waals surface area contributed by atoms with Crippen molar-refractivity contribution in [3.05, 3.63) is 79.5 Å². The van der Waals surface area contributed by atoms with Crippen molar-refractivity contribution in [2.24, 2.45) is 5.92 Å². The van der Waals surface area contributed by atoms with Crippen LogP contribution in [0.25, 0.3) is 0 Å². The van der Waals surface area contributed by atoms with Crippen LogP contribution in [0.2, 0.25) is 25.1 Å². The van der Waals surface area contributed by atoms with Crippen LogP contribution in [0.1, 0.15) is 36.1 Å². The number of carbonyl (C=O) groups is 2. The number of carbonyl (C=O) groups excluding carboxylic acids is 2. The van der Waals surface area contributed by atoms with E-state index in [1.165, 1.54) is 30.0 Å². The van der Waals surface area contributed by atoms with Crippen LogP contribution in [-0.4, -0.2) is 32.3 Å². The van der Waals surface area contributed by atoms with Crippen molar-refractivity contribution in [1.82, 2.24) is 20.1 Å². The number of aromatic nitrogens is 3. The Bertz CT molecular complexity index is 1310. The third kappa shape index (κ3) is 7.56. The van der Waals surface area contributed by atoms with Crippen LogP contribution in [0.15, 0.2) is 48.1 Å². The molecule has 3 aromatic rings. The van der Waals surface area contributed by atoms with Crippen LogP contribution in [0.3, 0.4) is 0 Å². The Morgan fingerprint density at radius 3 is 2.27 bits per heavy atom. The van der Waals surface area contributed by atoms with Crippen molar-refractivity contribution >= 4 is 87.3 Å². The molecule has 13 heteroatoms. The van der Waals surface area contributed by atoms with E-state index in [2.05, 4.69) is 27.4 Å². The van der Waals surface area contributed by atoms with Crippen molar-refractivity contribution < 1.29 is 9.59 Å². The average Bonchev–Trinajstić information content (AvgIpc) is 3.20. The molecule has 0 radical (unpaired) electrons. The number of hydrogen-bond donors (Lipinski definition) is 2. The van der Waals surface area contributed by atoms with Crippen molar-refractivity contribution in [1.29, 1.82) is 0 Å². The molecular weight excluding hydrogens is 600 g/mol. The minimum absolute atomic E-state index is 0.00362. The largest absolute Gasteiger partial charge is 0.342 e. The molecule has 0 unspecified atom stereocenters. The lowest BCUT2D eigenvalue weighted by Crippen LogP contribution is -2.34. The number of thioether (sulfide) groups is 1. The first-order valence-corrected chi connectivity index (χ1v) is 13.8. The highest BCUT2D eigenvalue weighted by Gasteiger charge is 2.27. The minimum atomic E-state index is -0.499. The van der Waals surface area contributed by atoms with E-state index in [9.17, 15) is 9.59 Å². The fourth-order valence-corrected chi connectivity index (χ4v) is 5.49. The number of nitrogens with zero attached hydrogens (tertiary/aromatic N) is 3. The molecule has 0 saturated carbocycles. The van der Waals surface area contributed by atoms with E-state index in [1.807, 2.05) is 13.8 Å². The van der Waals surface area contributed by atoms with Crippen LogP contribution in [-0.2, 0) is 11.3 Å². The molecule has 0 fully saturated rings. The Kier molecular flexibility index (Phi) is 10.6. The van der Waals surface area contributed by atoms with Gasteiger partial charge in [0.25, 0.3) is 5.91 Å². The van der Waals surface area contributed by atoms with Gasteiger partial charge in [-0.3, -0.25) is 9.59 Å². The highest BCUT2D eigenvalue weighted by atomic mass is 35.5. The first kappa shape index (κ1) is 29.6. The third-order valence-electron chi connectivity index (χ3n) is 5.07. The molecule has 2 aromatic carbocycles. The molecule has 1 aromatic heterocycles. The van der Waals surface area contributed by atoms with Gasteiger partial charge in [-0.25, -0.2) is 0 Å². The first-order valence-electron chi connectivity index (χ1n) is 10.9. The molecule has 0 aliphatic carbocycles. The lowest BCUT2D eigenvalue weighted by Gasteiger charge is -2.23. The van der Waals surface area contributed by atoms with Gasteiger partial charge in [0.15, 0.2) is 11.0 Å². The molecular formula is C24H22Cl5N5O2S. The summed E-state index contributed by atoms with van der Waals surface area (Å²) in [5.74, 6) is -0.252. The Labute approximate surface area is 243 Å². The predicted octanol–water partition coefficient (Wildman–Crippen LogP) is 7.59. The fraction of sp³-hybridized carbons (Fsp3) is 0.250. The van der Waals surface area contributed by atoms with E-state index in [-0.39, 0.29) is 49.8 Å². The summed E-state index contributed by atoms with van der Waals surface area (Å²) in [6.45, 7) is 8.06. The Morgan fingerprint density at radius 1 is 1.03 bits per heavy atom. The molecule has 0 saturated heterocycles. The summed E-state index contributed by atoms with van der Waals surface area (Å²) in [6.07, 6.45) is 1.68. The second-order valence-electron chi connectivity index (χ2n) is 8.14. The maximum Gasteiger partial charge on any atom is 0.253 e. The molecule has 0 spiro atoms. The van der Waals surface area contributed by atoms with Gasteiger partial charge in [0.05, 0.1) is 38.1 Å². The zero-order valence-electron chi connectivity index (χ0n) is 19.7. The minimum Gasteiger partial charge on any atom is -0.342 e. The van der Waals surface area contributed by atoms with Gasteiger partial charge in [0.1, 0.15) is 0 Å². The van der Waals surface area contributed by atoms with Crippen molar-refractivity contribution in [3.63, 3.8) is 0 Å². The summed E-state index contributed by atoms with van der Waals surface area (Å²) in [7, 11) is 0. The van der Waals surface area contributed by atoms with E-state index in [4.69, 9.17) is 58.0 Å². The smallest absolute Gasteiger partial charge is 0.253 e. The Morgan fingerprint density at radius 2 is 1.68 bits per heavy atom. The molecule has 0 bridgehead atoms. The van der Waals surface area contributed by atoms with Crippen molar-refractivity contribution in [3.8, 4) is 0 Å². The van der Waals surface area contributed by atoms with E-state index in [1.54, 1.807) is 22.8 Å². The zero-order chi connectivity index (χ0) is 27.3. The summed E-state index contributed by atoms with van der Waals surface area (Å²) in [4.78, 5) is 25.6. The quantitative estimate of drug-likeness (QED) is 0.180. The normalized spacial score (nSPS) is 11.9. The molecule has 3 rings (SSSR count). The summed E-state index contributed by atoms with van der Waals surface area (Å²) < 4.78 is 1.79. The van der Waals surface area contributed by atoms with Gasteiger partial charge in [-0.2, -0.15) is 0 Å². The molecule has 1 heterocycles. The van der Waals surface area contributed by atoms with Crippen molar-refractivity contribution in [2.45, 2.75) is 31.6 Å². The Balaban J connectivity index is 1.78. The molecule has 2 amide bonds. The molecule has 0 aliphatic rings. The van der Waals surface area contributed by atoms with Crippen LogP contribution in [0.5, 0.6) is 0 Å². The fourth-order valence-electron chi connectivity index (χ4n) is 3.33. The van der Waals surface area contributed by atoms with Gasteiger partial charge in [0, 0.05) is 16.6 Å². The number of rotatable bonds is 10. The van der Waals surface area contributed by atoms with Gasteiger partial charge < -0.3 is 15.2 Å². The highest BCUT2D eigenvalue weighted by Crippen LogP contribution is 2.34. The summed E-state index contributed by atoms with van der Waals surface area (Å²) in [5, 5.41) is 16.2. The molecule has 7 nitrogen and oxygen atoms in total. The summed E-state index contributed by atoms with van der Waals surface area (Å²) in [6, 6.07) is 7.14. The third-order valence-corrected chi connectivity index (χ3v) is 7.40. The van der Waals surface area contributed by atoms with Crippen molar-refractivity contribution in [2.75, 3.05) is 11.1 Å². The van der Waals surface area contributed by atoms with Gasteiger partial charge in [-0.1, -0.05) is 89.7 Å². The predicted molar refractivity (Wildman–Crippen MR) is 153 cm³/mol. The van der Waals surface area contributed by atoms with Crippen LogP contribution >= 0.6 is 69.8 Å². The second-order valence-corrected chi connectivity index (χ2v) is 11.2. The molecule has 37 heavy (non-hydrogen) atoms. The highest BCUT2D eigenvalue weighted by molar-refractivity contribution is 7.99. The lowest BCUT2D eigenvalue weighted by molar-refractivity contribution is -0.113. The maximum absolute atomic E-state index is 13.0. The number of hydrogen-bond acceptors (Lipinski definition) is 5. The molecule has 2 N–H and O–H groups in total. The number of amides is 2. The number of nitrogens with one attached hydrogen (secondary N) is 2. The van der Waals surface area contributed by atoms with Gasteiger partial charge in [-0.05, 0) is 36.2 Å². The van der Waals surface area contributed by atoms with Crippen LogP contribution in [0, 0.1) is 5.92 Å². The standard InChI is InChI=1S/C24H22Cl5N5O2S/c1-4-7-34-22(20(12(2)3)31-23(36)15-6-5-13(25)8-16(15)27)32-33-24(34)37-11-19(35)30-21-17(28)9-14(26)10-18(21)29/h4-6,8-10,12,20H,1,7,11H2,2-3H3,(H,30,35)(H,31,36)/t20-/m1/s1. The van der Waals surface area contributed by atoms with Gasteiger partial charge >= 0.3 is 0 Å². The number of anilines is 1. The molecule has 0 aliphatic heterocycles. The van der Waals surface area contributed by atoms with E-state index in [0.29, 0.717) is 27.6 Å². The van der Waals surface area contributed by atoms with Gasteiger partial charge in [-0.15, -0.1) is 16.8 Å². The number of halogens is 5. The first-order chi connectivity index (χ1) is 17.5. The van der Waals surface area contributed by atoms with E-state index >= 15 is 0 Å². The topological polar surface area (TPSA) is 88.9 Å². The Hall–Kier alpha value is -1.94. The van der Waals surface area contributed by atoms with Crippen LogP contribution in [0.4, 0.5) is 5.69 Å². The average molecular weight is 622 g/mol. The number of allylic oxidation sites excluding steroid dienone is 1. The van der Waals surface area contributed by atoms with Crippen LogP contribution < -0.4 is 10.6 Å². The summed E-state index contributed by atoms with van der Waals surface area (Å²) >= 11 is 31.6. The maximum atomic E-state index is 13.0. The lowest BCUT2D eigenvalue weighted by atomic mass is 10.0.